The highest BCUT2D eigenvalue weighted by Gasteiger charge is 2.13. The molecule has 0 aliphatic rings. The number of aliphatic hydroxyl groups excluding tert-OH is 2. The highest BCUT2D eigenvalue weighted by atomic mass is 31.2. The molecular weight excluding hydrogens is 305 g/mol. The van der Waals surface area contributed by atoms with Gasteiger partial charge in [-0.3, -0.25) is 9.13 Å². The molecule has 11 heteroatoms. The molecule has 0 bridgehead atoms. The minimum Gasteiger partial charge on any atom is -0.394 e. The molecule has 1 heterocycles. The van der Waals surface area contributed by atoms with Crippen LogP contribution in [0.2, 0.25) is 0 Å². The van der Waals surface area contributed by atoms with E-state index >= 15 is 0 Å². The van der Waals surface area contributed by atoms with Crippen molar-refractivity contribution in [3.63, 3.8) is 0 Å². The number of nitrogens with zero attached hydrogens (tertiary/aromatic N) is 2. The fourth-order valence-electron chi connectivity index (χ4n) is 1.53. The summed E-state index contributed by atoms with van der Waals surface area (Å²) in [5, 5.41) is 18.2. The van der Waals surface area contributed by atoms with Gasteiger partial charge in [0.1, 0.15) is 12.2 Å². The highest BCUT2D eigenvalue weighted by Crippen LogP contribution is 2.33. The van der Waals surface area contributed by atoms with Gasteiger partial charge in [-0.1, -0.05) is 0 Å². The fraction of sp³-hybridized carbons (Fsp3) is 0.600. The summed E-state index contributed by atoms with van der Waals surface area (Å²) in [4.78, 5) is 32.4. The number of nitrogen functional groups attached to an aromatic ring is 1. The van der Waals surface area contributed by atoms with Crippen molar-refractivity contribution in [2.45, 2.75) is 19.1 Å². The van der Waals surface area contributed by atoms with Crippen LogP contribution in [0.1, 0.15) is 5.56 Å². The van der Waals surface area contributed by atoms with E-state index in [1.807, 2.05) is 0 Å². The summed E-state index contributed by atoms with van der Waals surface area (Å²) >= 11 is 0. The highest BCUT2D eigenvalue weighted by molar-refractivity contribution is 7.51. The molecule has 0 radical (unpaired) electrons. The van der Waals surface area contributed by atoms with Gasteiger partial charge in [-0.05, 0) is 0 Å². The van der Waals surface area contributed by atoms with Crippen LogP contribution in [0.3, 0.4) is 0 Å². The normalized spacial score (nSPS) is 13.3. The first kappa shape index (κ1) is 17.8. The van der Waals surface area contributed by atoms with Crippen LogP contribution >= 0.6 is 7.60 Å². The monoisotopic (exact) mass is 323 g/mol. The molecule has 0 aliphatic carbocycles. The molecule has 1 aromatic heterocycles. The van der Waals surface area contributed by atoms with E-state index in [-0.39, 0.29) is 25.4 Å². The van der Waals surface area contributed by atoms with Gasteiger partial charge in [0.15, 0.2) is 0 Å². The number of aliphatic hydroxyl groups is 2. The Morgan fingerprint density at radius 1 is 1.48 bits per heavy atom. The van der Waals surface area contributed by atoms with Crippen molar-refractivity contribution in [2.75, 3.05) is 25.3 Å². The summed E-state index contributed by atoms with van der Waals surface area (Å²) in [6.07, 6.45) is -0.366. The molecule has 10 nitrogen and oxygen atoms in total. The zero-order valence-electron chi connectivity index (χ0n) is 11.1. The van der Waals surface area contributed by atoms with E-state index < -0.39 is 32.3 Å². The number of anilines is 1. The second-order valence-electron chi connectivity index (χ2n) is 4.37. The Bertz CT molecular complexity index is 570. The second-order valence-corrected chi connectivity index (χ2v) is 5.96. The van der Waals surface area contributed by atoms with E-state index in [2.05, 4.69) is 4.98 Å². The van der Waals surface area contributed by atoms with E-state index in [0.717, 1.165) is 4.57 Å². The van der Waals surface area contributed by atoms with Crippen LogP contribution < -0.4 is 11.4 Å². The number of aromatic nitrogens is 2. The molecule has 120 valence electrons. The smallest absolute Gasteiger partial charge is 0.350 e. The van der Waals surface area contributed by atoms with Crippen LogP contribution in [-0.2, 0) is 22.3 Å². The fourth-order valence-corrected chi connectivity index (χ4v) is 1.90. The lowest BCUT2D eigenvalue weighted by atomic mass is 10.1. The van der Waals surface area contributed by atoms with Crippen molar-refractivity contribution >= 4 is 13.4 Å². The molecule has 1 rings (SSSR count). The predicted molar refractivity (Wildman–Crippen MR) is 72.6 cm³/mol. The maximum Gasteiger partial charge on any atom is 0.350 e. The zero-order chi connectivity index (χ0) is 16.0. The summed E-state index contributed by atoms with van der Waals surface area (Å²) in [6, 6.07) is 0. The quantitative estimate of drug-likeness (QED) is 0.265. The molecule has 0 aromatic carbocycles. The van der Waals surface area contributed by atoms with Gasteiger partial charge in [-0.25, -0.2) is 4.79 Å². The Morgan fingerprint density at radius 2 is 2.14 bits per heavy atom. The van der Waals surface area contributed by atoms with Crippen LogP contribution in [0.4, 0.5) is 5.82 Å². The Labute approximate surface area is 120 Å². The molecule has 1 unspecified atom stereocenters. The molecule has 1 aromatic rings. The number of hydrogen-bond acceptors (Lipinski definition) is 7. The van der Waals surface area contributed by atoms with Crippen molar-refractivity contribution < 1.29 is 29.3 Å². The molecule has 0 aliphatic heterocycles. The molecule has 0 fully saturated rings. The number of hydrogen-bond donors (Lipinski definition) is 5. The van der Waals surface area contributed by atoms with Crippen molar-refractivity contribution in [3.8, 4) is 0 Å². The molecule has 0 spiro atoms. The average molecular weight is 323 g/mol. The Morgan fingerprint density at radius 3 is 2.71 bits per heavy atom. The van der Waals surface area contributed by atoms with Gasteiger partial charge in [0, 0.05) is 18.2 Å². The maximum absolute atomic E-state index is 11.6. The number of nitrogens with two attached hydrogens (primary N) is 1. The Balaban J connectivity index is 2.71. The van der Waals surface area contributed by atoms with E-state index in [0.29, 0.717) is 5.56 Å². The van der Waals surface area contributed by atoms with Gasteiger partial charge < -0.3 is 30.5 Å². The van der Waals surface area contributed by atoms with Gasteiger partial charge in [-0.15, -0.1) is 0 Å². The molecule has 0 saturated carbocycles. The van der Waals surface area contributed by atoms with E-state index in [1.54, 1.807) is 0 Å². The van der Waals surface area contributed by atoms with Crippen molar-refractivity contribution in [1.29, 1.82) is 0 Å². The maximum atomic E-state index is 11.6. The van der Waals surface area contributed by atoms with Gasteiger partial charge >= 0.3 is 13.3 Å². The van der Waals surface area contributed by atoms with E-state index in [1.165, 1.54) is 6.20 Å². The molecule has 21 heavy (non-hydrogen) atoms. The first-order chi connectivity index (χ1) is 9.73. The lowest BCUT2D eigenvalue weighted by Gasteiger charge is -2.12. The molecular formula is C10H18N3O7P. The van der Waals surface area contributed by atoms with Gasteiger partial charge in [0.25, 0.3) is 0 Å². The topological polar surface area (TPSA) is 168 Å². The van der Waals surface area contributed by atoms with Crippen LogP contribution in [0.15, 0.2) is 11.0 Å². The molecule has 1 atom stereocenters. The summed E-state index contributed by atoms with van der Waals surface area (Å²) < 4.78 is 16.5. The average Bonchev–Trinajstić information content (AvgIpc) is 2.38. The largest absolute Gasteiger partial charge is 0.394 e. The summed E-state index contributed by atoms with van der Waals surface area (Å²) in [7, 11) is -4.25. The van der Waals surface area contributed by atoms with Crippen LogP contribution in [-0.4, -0.2) is 55.2 Å². The Kier molecular flexibility index (Phi) is 6.46. The minimum absolute atomic E-state index is 0.0222. The molecule has 0 amide bonds. The van der Waals surface area contributed by atoms with Gasteiger partial charge in [0.2, 0.25) is 0 Å². The molecule has 6 N–H and O–H groups in total. The number of rotatable bonds is 8. The summed E-state index contributed by atoms with van der Waals surface area (Å²) in [5.41, 5.74) is 5.29. The lowest BCUT2D eigenvalue weighted by molar-refractivity contribution is 0.0953. The second kappa shape index (κ2) is 7.64. The van der Waals surface area contributed by atoms with Crippen molar-refractivity contribution in [3.05, 3.63) is 22.2 Å². The third-order valence-corrected chi connectivity index (χ3v) is 3.02. The zero-order valence-corrected chi connectivity index (χ0v) is 12.0. The third kappa shape index (κ3) is 6.34. The van der Waals surface area contributed by atoms with Crippen LogP contribution in [0.25, 0.3) is 0 Å². The summed E-state index contributed by atoms with van der Waals surface area (Å²) in [5.74, 6) is -0.0418. The standard InChI is InChI=1S/C10H18N3O7P/c11-9-7(3-8(15)5-14)4-13(10(16)12-9)1-2-20-6-21(17,18)19/h4,8,14-15H,1-3,5-6H2,(H2,11,12,16)(H2,17,18,19). The van der Waals surface area contributed by atoms with Crippen molar-refractivity contribution in [2.24, 2.45) is 0 Å². The van der Waals surface area contributed by atoms with Crippen LogP contribution in [0.5, 0.6) is 0 Å². The first-order valence-corrected chi connectivity index (χ1v) is 7.79. The number of ether oxygens (including phenoxy) is 1. The minimum atomic E-state index is -4.25. The van der Waals surface area contributed by atoms with Gasteiger partial charge in [0.05, 0.1) is 25.9 Å². The van der Waals surface area contributed by atoms with Crippen LogP contribution in [0, 0.1) is 0 Å². The van der Waals surface area contributed by atoms with Gasteiger partial charge in [-0.2, -0.15) is 4.98 Å². The third-order valence-electron chi connectivity index (χ3n) is 2.50. The lowest BCUT2D eigenvalue weighted by Crippen LogP contribution is -2.28. The van der Waals surface area contributed by atoms with E-state index in [9.17, 15) is 14.5 Å². The van der Waals surface area contributed by atoms with Crippen molar-refractivity contribution in [1.82, 2.24) is 9.55 Å². The summed E-state index contributed by atoms with van der Waals surface area (Å²) in [6.45, 7) is -0.531. The van der Waals surface area contributed by atoms with E-state index in [4.69, 9.17) is 25.4 Å². The Hall–Kier alpha value is -1.29. The molecule has 0 saturated heterocycles. The predicted octanol–water partition coefficient (Wildman–Crippen LogP) is -2.13. The SMILES string of the molecule is Nc1nc(=O)n(CCOCP(=O)(O)O)cc1CC(O)CO. The first-order valence-electron chi connectivity index (χ1n) is 6.00.